The molecule has 1 heterocycles. The van der Waals surface area contributed by atoms with Gasteiger partial charge < -0.3 is 9.22 Å². The Kier molecular flexibility index (Phi) is 3.45. The van der Waals surface area contributed by atoms with Crippen molar-refractivity contribution in [2.45, 2.75) is 0 Å². The maximum absolute atomic E-state index is 10.7. The second-order valence-corrected chi connectivity index (χ2v) is 5.87. The van der Waals surface area contributed by atoms with Crippen LogP contribution in [0.5, 0.6) is 0 Å². The fourth-order valence-electron chi connectivity index (χ4n) is 0.837. The van der Waals surface area contributed by atoms with Gasteiger partial charge in [-0.15, -0.1) is 0 Å². The third-order valence-electron chi connectivity index (χ3n) is 1.68. The molecule has 0 bridgehead atoms. The van der Waals surface area contributed by atoms with Crippen molar-refractivity contribution in [3.8, 4) is 0 Å². The Hall–Kier alpha value is -0.0700. The number of likely N-dealkylation sites (N-methyl/N-ethyl adjacent to an activating group) is 1. The van der Waals surface area contributed by atoms with Crippen LogP contribution in [0, 0.1) is 0 Å². The Morgan fingerprint density at radius 2 is 1.13 bits per heavy atom. The molecule has 0 aromatic rings. The van der Waals surface area contributed by atoms with Crippen molar-refractivity contribution >= 4 is 7.81 Å². The van der Waals surface area contributed by atoms with Crippen LogP contribution in [-0.2, 0) is 4.74 Å². The van der Waals surface area contributed by atoms with E-state index in [9.17, 15) is 25.2 Å². The van der Waals surface area contributed by atoms with Crippen molar-refractivity contribution < 1.29 is 34.4 Å². The Bertz CT molecular complexity index is 201. The van der Waals surface area contributed by atoms with Crippen LogP contribution in [0.3, 0.4) is 0 Å². The summed E-state index contributed by atoms with van der Waals surface area (Å²) in [6.45, 7) is 4.21. The van der Waals surface area contributed by atoms with Crippen molar-refractivity contribution in [2.24, 2.45) is 0 Å². The summed E-state index contributed by atoms with van der Waals surface area (Å²) in [6, 6.07) is 0. The van der Waals surface area contributed by atoms with Gasteiger partial charge in [0.05, 0.1) is 27.3 Å². The van der Waals surface area contributed by atoms with Gasteiger partial charge in [-0.2, -0.15) is 0 Å². The zero-order valence-electron chi connectivity index (χ0n) is 8.40. The van der Waals surface area contributed by atoms with Gasteiger partial charge in [-0.3, -0.25) is 0 Å². The molecule has 0 spiro atoms. The summed E-state index contributed by atoms with van der Waals surface area (Å²) in [6.07, 6.45) is 0. The summed E-state index contributed by atoms with van der Waals surface area (Å²) >= 11 is 0. The normalized spacial score (nSPS) is 25.6. The summed E-state index contributed by atoms with van der Waals surface area (Å²) in [5.74, 6) is 0. The van der Waals surface area contributed by atoms with Crippen LogP contribution in [0.15, 0.2) is 0 Å². The van der Waals surface area contributed by atoms with E-state index in [1.165, 1.54) is 13.1 Å². The average Bonchev–Trinajstić information content (AvgIpc) is 1.78. The van der Waals surface area contributed by atoms with Crippen LogP contribution in [-0.4, -0.2) is 44.9 Å². The molecule has 0 saturated carbocycles. The zero-order valence-corrected chi connectivity index (χ0v) is 9.29. The molecule has 96 valence electrons. The topological polar surface area (TPSA) is 9.23 Å². The average molecular weight is 261 g/mol. The molecule has 1 rings (SSSR count). The summed E-state index contributed by atoms with van der Waals surface area (Å²) in [5.41, 5.74) is 0. The molecule has 1 aliphatic heterocycles. The molecule has 1 aliphatic rings. The van der Waals surface area contributed by atoms with E-state index in [2.05, 4.69) is 14.1 Å². The zero-order chi connectivity index (χ0) is 12.4. The number of ether oxygens (including phenoxy) is 1. The van der Waals surface area contributed by atoms with Crippen molar-refractivity contribution in [1.82, 2.24) is 0 Å². The third kappa shape index (κ3) is 20.1. The molecule has 0 radical (unpaired) electrons. The quantitative estimate of drug-likeness (QED) is 0.368. The van der Waals surface area contributed by atoms with Crippen LogP contribution < -0.4 is 0 Å². The number of rotatable bonds is 0. The molecule has 15 heavy (non-hydrogen) atoms. The minimum absolute atomic E-state index is 0.938. The minimum atomic E-state index is -10.7. The number of halogens is 6. The fourth-order valence-corrected chi connectivity index (χ4v) is 0.837. The molecule has 0 amide bonds. The van der Waals surface area contributed by atoms with E-state index in [1.807, 2.05) is 0 Å². The fraction of sp³-hybridized carbons (Fsp3) is 1.00. The van der Waals surface area contributed by atoms with Gasteiger partial charge in [0.15, 0.2) is 0 Å². The monoisotopic (exact) mass is 261 g/mol. The Morgan fingerprint density at radius 3 is 1.27 bits per heavy atom. The Labute approximate surface area is 83.6 Å². The summed E-state index contributed by atoms with van der Waals surface area (Å²) in [5, 5.41) is 0. The first kappa shape index (κ1) is 14.9. The molecule has 1 fully saturated rings. The van der Waals surface area contributed by atoms with E-state index in [1.54, 1.807) is 0 Å². The van der Waals surface area contributed by atoms with Gasteiger partial charge in [-0.25, -0.2) is 0 Å². The second kappa shape index (κ2) is 3.46. The van der Waals surface area contributed by atoms with Gasteiger partial charge in [0.1, 0.15) is 13.1 Å². The predicted octanol–water partition coefficient (Wildman–Crippen LogP) is 3.48. The molecule has 1 saturated heterocycles. The molecule has 0 atom stereocenters. The summed E-state index contributed by atoms with van der Waals surface area (Å²) in [7, 11) is -6.18. The van der Waals surface area contributed by atoms with Gasteiger partial charge in [-0.1, -0.05) is 0 Å². The van der Waals surface area contributed by atoms with Crippen LogP contribution in [0.2, 0.25) is 0 Å². The molecule has 0 N–H and O–H groups in total. The van der Waals surface area contributed by atoms with Gasteiger partial charge >= 0.3 is 33.0 Å². The molecule has 0 aromatic heterocycles. The van der Waals surface area contributed by atoms with Gasteiger partial charge in [-0.05, 0) is 0 Å². The van der Waals surface area contributed by atoms with Crippen LogP contribution >= 0.6 is 7.81 Å². The van der Waals surface area contributed by atoms with Crippen molar-refractivity contribution in [2.75, 3.05) is 40.4 Å². The van der Waals surface area contributed by atoms with Crippen molar-refractivity contribution in [1.29, 1.82) is 0 Å². The van der Waals surface area contributed by atoms with E-state index in [0.717, 1.165) is 17.7 Å². The number of quaternary nitrogens is 1. The van der Waals surface area contributed by atoms with E-state index in [0.29, 0.717) is 0 Å². The van der Waals surface area contributed by atoms with E-state index in [-0.39, 0.29) is 0 Å². The van der Waals surface area contributed by atoms with E-state index < -0.39 is 7.81 Å². The first-order valence-corrected chi connectivity index (χ1v) is 6.15. The Morgan fingerprint density at radius 1 is 0.867 bits per heavy atom. The van der Waals surface area contributed by atoms with Gasteiger partial charge in [0.25, 0.3) is 0 Å². The molecule has 0 aromatic carbocycles. The number of hydrogen-bond donors (Lipinski definition) is 0. The number of morpholine rings is 1. The molecule has 2 nitrogen and oxygen atoms in total. The molecular formula is C6H14F6NOP. The first-order valence-electron chi connectivity index (χ1n) is 4.12. The maximum atomic E-state index is 9.87. The molecule has 9 heteroatoms. The number of hydrogen-bond acceptors (Lipinski definition) is 1. The van der Waals surface area contributed by atoms with Crippen LogP contribution in [0.4, 0.5) is 25.2 Å². The molecular weight excluding hydrogens is 247 g/mol. The van der Waals surface area contributed by atoms with Crippen molar-refractivity contribution in [3.63, 3.8) is 0 Å². The molecule has 0 aliphatic carbocycles. The van der Waals surface area contributed by atoms with Crippen molar-refractivity contribution in [3.05, 3.63) is 0 Å². The second-order valence-electron chi connectivity index (χ2n) is 3.95. The predicted molar refractivity (Wildman–Crippen MR) is 46.2 cm³/mol. The van der Waals surface area contributed by atoms with Gasteiger partial charge in [0, 0.05) is 0 Å². The first-order chi connectivity index (χ1) is 6.16. The Balaban J connectivity index is 0.000000265. The van der Waals surface area contributed by atoms with Gasteiger partial charge in [0.2, 0.25) is 0 Å². The summed E-state index contributed by atoms with van der Waals surface area (Å²) < 4.78 is 65.5. The molecule has 0 unspecified atom stereocenters. The standard InChI is InChI=1S/C6H14NO.F6P/c1-7(2)3-5-8-6-4-7;1-7(2,3,4,5)6/h3-6H2,1-2H3;/q+1;-1. The van der Waals surface area contributed by atoms with E-state index in [4.69, 9.17) is 4.74 Å². The third-order valence-corrected chi connectivity index (χ3v) is 1.68. The number of nitrogens with zero attached hydrogens (tertiary/aromatic N) is 1. The van der Waals surface area contributed by atoms with Crippen LogP contribution in [0.25, 0.3) is 0 Å². The van der Waals surface area contributed by atoms with Crippen LogP contribution in [0.1, 0.15) is 0 Å². The summed E-state index contributed by atoms with van der Waals surface area (Å²) in [4.78, 5) is 0. The van der Waals surface area contributed by atoms with E-state index >= 15 is 0 Å². The SMILES string of the molecule is C[N+]1(C)CCOCC1.F[P-](F)(F)(F)(F)F.